The van der Waals surface area contributed by atoms with E-state index >= 15 is 0 Å². The second-order valence-corrected chi connectivity index (χ2v) is 8.14. The normalized spacial score (nSPS) is 16.9. The molecule has 0 fully saturated rings. The summed E-state index contributed by atoms with van der Waals surface area (Å²) in [7, 11) is 1.50. The van der Waals surface area contributed by atoms with Crippen molar-refractivity contribution in [3.05, 3.63) is 95.1 Å². The van der Waals surface area contributed by atoms with Gasteiger partial charge in [-0.3, -0.25) is 0 Å². The number of methoxy groups -OCH3 is 1. The van der Waals surface area contributed by atoms with Gasteiger partial charge in [-0.05, 0) is 53.6 Å². The lowest BCUT2D eigenvalue weighted by atomic mass is 9.95. The lowest BCUT2D eigenvalue weighted by molar-refractivity contribution is 0.0696. The number of rotatable bonds is 8. The zero-order valence-corrected chi connectivity index (χ0v) is 19.9. The molecule has 37 heavy (non-hydrogen) atoms. The molecule has 0 saturated carbocycles. The van der Waals surface area contributed by atoms with Gasteiger partial charge in [-0.15, -0.1) is 0 Å². The number of carbonyl (C=O) groups is 1. The predicted molar refractivity (Wildman–Crippen MR) is 138 cm³/mol. The maximum atomic E-state index is 11.2. The van der Waals surface area contributed by atoms with E-state index in [-0.39, 0.29) is 17.7 Å². The Kier molecular flexibility index (Phi) is 7.48. The SMILES string of the molecule is COc1cc(/C=C(/C#N)C2=NN(c3ccccc3)[C@@H](N)[C@@H]2C#N)ccc1OCc1cccc(C(=O)O)c1. The molecule has 0 radical (unpaired) electrons. The van der Waals surface area contributed by atoms with Crippen molar-refractivity contribution >= 4 is 23.4 Å². The molecule has 1 aliphatic rings. The lowest BCUT2D eigenvalue weighted by Crippen LogP contribution is -2.40. The molecule has 3 aromatic carbocycles. The highest BCUT2D eigenvalue weighted by Gasteiger charge is 2.37. The predicted octanol–water partition coefficient (Wildman–Crippen LogP) is 4.18. The fourth-order valence-corrected chi connectivity index (χ4v) is 3.90. The molecule has 1 heterocycles. The van der Waals surface area contributed by atoms with Crippen molar-refractivity contribution < 1.29 is 19.4 Å². The van der Waals surface area contributed by atoms with Gasteiger partial charge in [-0.1, -0.05) is 36.4 Å². The van der Waals surface area contributed by atoms with Gasteiger partial charge >= 0.3 is 5.97 Å². The zero-order valence-electron chi connectivity index (χ0n) is 19.9. The highest BCUT2D eigenvalue weighted by atomic mass is 16.5. The summed E-state index contributed by atoms with van der Waals surface area (Å²) in [4.78, 5) is 11.2. The van der Waals surface area contributed by atoms with E-state index in [2.05, 4.69) is 17.2 Å². The Morgan fingerprint density at radius 2 is 1.89 bits per heavy atom. The number of hydrogen-bond donors (Lipinski definition) is 2. The molecule has 9 nitrogen and oxygen atoms in total. The van der Waals surface area contributed by atoms with Gasteiger partial charge in [-0.2, -0.15) is 15.6 Å². The Balaban J connectivity index is 1.59. The summed E-state index contributed by atoms with van der Waals surface area (Å²) in [6.45, 7) is 0.143. The molecule has 0 bridgehead atoms. The van der Waals surface area contributed by atoms with Crippen molar-refractivity contribution in [2.75, 3.05) is 12.1 Å². The largest absolute Gasteiger partial charge is 0.493 e. The zero-order chi connectivity index (χ0) is 26.4. The van der Waals surface area contributed by atoms with Crippen LogP contribution >= 0.6 is 0 Å². The first kappa shape index (κ1) is 25.0. The number of benzene rings is 3. The number of carboxylic acids is 1. The number of allylic oxidation sites excluding steroid dienone is 1. The summed E-state index contributed by atoms with van der Waals surface area (Å²) < 4.78 is 11.3. The van der Waals surface area contributed by atoms with Crippen LogP contribution in [0.15, 0.2) is 83.5 Å². The van der Waals surface area contributed by atoms with Crippen LogP contribution in [-0.2, 0) is 6.61 Å². The Bertz CT molecular complexity index is 1450. The van der Waals surface area contributed by atoms with Gasteiger partial charge in [-0.25, -0.2) is 9.80 Å². The molecule has 4 rings (SSSR count). The molecule has 3 aromatic rings. The van der Waals surface area contributed by atoms with Crippen LogP contribution in [0, 0.1) is 28.6 Å². The minimum atomic E-state index is -1.01. The van der Waals surface area contributed by atoms with Crippen molar-refractivity contribution in [3.63, 3.8) is 0 Å². The second kappa shape index (κ2) is 11.1. The number of hydrazone groups is 1. The first-order valence-corrected chi connectivity index (χ1v) is 11.3. The summed E-state index contributed by atoms with van der Waals surface area (Å²) in [5.74, 6) is -0.933. The van der Waals surface area contributed by atoms with Crippen molar-refractivity contribution in [3.8, 4) is 23.6 Å². The summed E-state index contributed by atoms with van der Waals surface area (Å²) in [6.07, 6.45) is 0.886. The van der Waals surface area contributed by atoms with Crippen molar-refractivity contribution in [1.29, 1.82) is 10.5 Å². The summed E-state index contributed by atoms with van der Waals surface area (Å²) >= 11 is 0. The minimum absolute atomic E-state index is 0.143. The number of anilines is 1. The summed E-state index contributed by atoms with van der Waals surface area (Å²) in [5.41, 5.74) is 9.03. The Morgan fingerprint density at radius 3 is 2.57 bits per heavy atom. The number of para-hydroxylation sites is 1. The molecule has 0 aromatic heterocycles. The maximum Gasteiger partial charge on any atom is 0.335 e. The molecule has 0 amide bonds. The number of hydrogen-bond acceptors (Lipinski definition) is 8. The third-order valence-corrected chi connectivity index (χ3v) is 5.76. The molecule has 9 heteroatoms. The van der Waals surface area contributed by atoms with Crippen LogP contribution < -0.4 is 20.2 Å². The van der Waals surface area contributed by atoms with Gasteiger partial charge in [0.1, 0.15) is 24.8 Å². The van der Waals surface area contributed by atoms with E-state index in [0.717, 1.165) is 5.69 Å². The van der Waals surface area contributed by atoms with Crippen molar-refractivity contribution in [2.45, 2.75) is 12.8 Å². The molecule has 2 atom stereocenters. The van der Waals surface area contributed by atoms with Crippen LogP contribution in [0.25, 0.3) is 6.08 Å². The van der Waals surface area contributed by atoms with Gasteiger partial charge in [0.25, 0.3) is 0 Å². The van der Waals surface area contributed by atoms with E-state index < -0.39 is 18.1 Å². The smallest absolute Gasteiger partial charge is 0.335 e. The molecule has 0 saturated heterocycles. The molecule has 0 unspecified atom stereocenters. The number of nitrogens with two attached hydrogens (primary N) is 1. The summed E-state index contributed by atoms with van der Waals surface area (Å²) in [6, 6.07) is 25.1. The Labute approximate surface area is 213 Å². The number of carboxylic acid groups (broad SMARTS) is 1. The van der Waals surface area contributed by atoms with E-state index in [1.165, 1.54) is 13.2 Å². The van der Waals surface area contributed by atoms with Crippen molar-refractivity contribution in [2.24, 2.45) is 16.8 Å². The molecular formula is C28H23N5O4. The van der Waals surface area contributed by atoms with Gasteiger partial charge in [0.05, 0.1) is 35.7 Å². The first-order chi connectivity index (χ1) is 17.9. The van der Waals surface area contributed by atoms with Gasteiger partial charge < -0.3 is 20.3 Å². The Hall–Kier alpha value is -5.12. The number of nitrogens with zero attached hydrogens (tertiary/aromatic N) is 4. The fourth-order valence-electron chi connectivity index (χ4n) is 3.90. The molecular weight excluding hydrogens is 470 g/mol. The molecule has 184 valence electrons. The van der Waals surface area contributed by atoms with Crippen LogP contribution in [0.1, 0.15) is 21.5 Å². The van der Waals surface area contributed by atoms with E-state index in [9.17, 15) is 20.4 Å². The van der Waals surface area contributed by atoms with Gasteiger partial charge in [0.15, 0.2) is 11.5 Å². The maximum absolute atomic E-state index is 11.2. The van der Waals surface area contributed by atoms with Crippen LogP contribution in [0.4, 0.5) is 5.69 Å². The number of aromatic carboxylic acids is 1. The summed E-state index contributed by atoms with van der Waals surface area (Å²) in [5, 5.41) is 34.9. The van der Waals surface area contributed by atoms with E-state index in [1.807, 2.05) is 30.3 Å². The van der Waals surface area contributed by atoms with E-state index in [4.69, 9.17) is 15.2 Å². The molecule has 3 N–H and O–H groups in total. The number of ether oxygens (including phenoxy) is 2. The highest BCUT2D eigenvalue weighted by molar-refractivity contribution is 6.11. The average molecular weight is 494 g/mol. The van der Waals surface area contributed by atoms with Crippen LogP contribution in [-0.4, -0.2) is 30.1 Å². The van der Waals surface area contributed by atoms with E-state index in [0.29, 0.717) is 28.3 Å². The molecule has 0 aliphatic carbocycles. The third-order valence-electron chi connectivity index (χ3n) is 5.76. The molecule has 0 spiro atoms. The fraction of sp³-hybridized carbons (Fsp3) is 0.143. The average Bonchev–Trinajstić information content (AvgIpc) is 3.27. The minimum Gasteiger partial charge on any atom is -0.493 e. The Morgan fingerprint density at radius 1 is 1.11 bits per heavy atom. The van der Waals surface area contributed by atoms with Crippen LogP contribution in [0.2, 0.25) is 0 Å². The standard InChI is InChI=1S/C28H23N5O4/c1-36-25-14-18(10-11-24(25)37-17-19-6-5-7-20(13-19)28(34)35)12-21(15-29)26-23(16-30)27(31)33(32-26)22-8-3-2-4-9-22/h2-14,23,27H,17,31H2,1H3,(H,34,35)/b21-12-/t23-,27-/m1/s1. The number of nitriles is 2. The highest BCUT2D eigenvalue weighted by Crippen LogP contribution is 2.32. The monoisotopic (exact) mass is 493 g/mol. The van der Waals surface area contributed by atoms with Gasteiger partial charge in [0, 0.05) is 0 Å². The van der Waals surface area contributed by atoms with Crippen molar-refractivity contribution in [1.82, 2.24) is 0 Å². The lowest BCUT2D eigenvalue weighted by Gasteiger charge is -2.21. The van der Waals surface area contributed by atoms with Gasteiger partial charge in [0.2, 0.25) is 0 Å². The quantitative estimate of drug-likeness (QED) is 0.445. The van der Waals surface area contributed by atoms with Crippen LogP contribution in [0.3, 0.4) is 0 Å². The topological polar surface area (TPSA) is 145 Å². The first-order valence-electron chi connectivity index (χ1n) is 11.3. The van der Waals surface area contributed by atoms with Crippen LogP contribution in [0.5, 0.6) is 11.5 Å². The van der Waals surface area contributed by atoms with E-state index in [1.54, 1.807) is 47.5 Å². The second-order valence-electron chi connectivity index (χ2n) is 8.14. The third kappa shape index (κ3) is 5.43. The molecule has 1 aliphatic heterocycles.